The molecule has 1 heterocycles. The van der Waals surface area contributed by atoms with E-state index in [1.165, 1.54) is 23.4 Å². The quantitative estimate of drug-likeness (QED) is 0.671. The van der Waals surface area contributed by atoms with Gasteiger partial charge in [-0.05, 0) is 43.6 Å². The smallest absolute Gasteiger partial charge is 0.107 e. The number of rotatable bonds is 4. The minimum Gasteiger partial charge on any atom is -0.389 e. The van der Waals surface area contributed by atoms with Gasteiger partial charge in [0, 0.05) is 28.7 Å². The Kier molecular flexibility index (Phi) is 5.33. The fourth-order valence-corrected chi connectivity index (χ4v) is 4.03. The van der Waals surface area contributed by atoms with Gasteiger partial charge in [-0.15, -0.1) is 11.8 Å². The van der Waals surface area contributed by atoms with Crippen molar-refractivity contribution in [2.45, 2.75) is 44.6 Å². The fourth-order valence-electron chi connectivity index (χ4n) is 2.91. The summed E-state index contributed by atoms with van der Waals surface area (Å²) < 4.78 is 0. The summed E-state index contributed by atoms with van der Waals surface area (Å²) in [5.74, 6) is 1.76. The third kappa shape index (κ3) is 3.29. The molecule has 2 unspecified atom stereocenters. The van der Waals surface area contributed by atoms with Crippen molar-refractivity contribution in [3.05, 3.63) is 23.8 Å². The van der Waals surface area contributed by atoms with E-state index in [1.54, 1.807) is 0 Å². The van der Waals surface area contributed by atoms with E-state index < -0.39 is 0 Å². The van der Waals surface area contributed by atoms with Gasteiger partial charge in [-0.3, -0.25) is 0 Å². The number of thiocarbonyl (C=S) groups is 1. The molecule has 0 bridgehead atoms. The van der Waals surface area contributed by atoms with Gasteiger partial charge in [0.15, 0.2) is 0 Å². The molecule has 2 N–H and O–H groups in total. The van der Waals surface area contributed by atoms with Crippen LogP contribution in [-0.2, 0) is 0 Å². The SMILES string of the molecule is CCSc1cccc(N2CC(C)CCC2C)c1C(N)=S. The summed E-state index contributed by atoms with van der Waals surface area (Å²) >= 11 is 7.14. The summed E-state index contributed by atoms with van der Waals surface area (Å²) in [6, 6.07) is 6.98. The summed E-state index contributed by atoms with van der Waals surface area (Å²) in [4.78, 5) is 4.22. The number of nitrogens with two attached hydrogens (primary N) is 1. The maximum atomic E-state index is 6.02. The summed E-state index contributed by atoms with van der Waals surface area (Å²) in [6.45, 7) is 7.88. The van der Waals surface area contributed by atoms with E-state index in [1.807, 2.05) is 11.8 Å². The predicted molar refractivity (Wildman–Crippen MR) is 93.9 cm³/mol. The molecule has 1 aliphatic rings. The second-order valence-corrected chi connectivity index (χ2v) is 7.38. The average Bonchev–Trinajstić information content (AvgIpc) is 2.41. The lowest BCUT2D eigenvalue weighted by atomic mass is 9.93. The lowest BCUT2D eigenvalue weighted by Gasteiger charge is -2.39. The van der Waals surface area contributed by atoms with Gasteiger partial charge in [-0.1, -0.05) is 32.1 Å². The van der Waals surface area contributed by atoms with Crippen molar-refractivity contribution in [3.8, 4) is 0 Å². The molecule has 0 amide bonds. The lowest BCUT2D eigenvalue weighted by molar-refractivity contribution is 0.390. The monoisotopic (exact) mass is 308 g/mol. The number of anilines is 1. The van der Waals surface area contributed by atoms with E-state index in [0.29, 0.717) is 11.0 Å². The van der Waals surface area contributed by atoms with Crippen molar-refractivity contribution in [1.29, 1.82) is 0 Å². The van der Waals surface area contributed by atoms with E-state index in [0.717, 1.165) is 23.8 Å². The Morgan fingerprint density at radius 1 is 1.40 bits per heavy atom. The molecule has 0 saturated carbocycles. The first-order valence-electron chi connectivity index (χ1n) is 7.36. The number of thioether (sulfide) groups is 1. The standard InChI is InChI=1S/C16H24N2S2/c1-4-20-14-7-5-6-13(15(14)16(17)19)18-10-11(2)8-9-12(18)3/h5-7,11-12H,4,8-10H2,1-3H3,(H2,17,19). The zero-order valence-corrected chi connectivity index (χ0v) is 14.2. The van der Waals surface area contributed by atoms with E-state index >= 15 is 0 Å². The molecule has 0 spiro atoms. The van der Waals surface area contributed by atoms with Crippen LogP contribution in [0.3, 0.4) is 0 Å². The molecule has 0 radical (unpaired) electrons. The first-order valence-corrected chi connectivity index (χ1v) is 8.76. The minimum atomic E-state index is 0.516. The lowest BCUT2D eigenvalue weighted by Crippen LogP contribution is -2.42. The van der Waals surface area contributed by atoms with Crippen molar-refractivity contribution in [2.75, 3.05) is 17.2 Å². The van der Waals surface area contributed by atoms with Crippen molar-refractivity contribution in [2.24, 2.45) is 11.7 Å². The first-order chi connectivity index (χ1) is 9.54. The fraction of sp³-hybridized carbons (Fsp3) is 0.562. The van der Waals surface area contributed by atoms with Crippen LogP contribution in [0.15, 0.2) is 23.1 Å². The maximum Gasteiger partial charge on any atom is 0.107 e. The van der Waals surface area contributed by atoms with E-state index in [4.69, 9.17) is 18.0 Å². The molecule has 1 fully saturated rings. The third-order valence-electron chi connectivity index (χ3n) is 3.98. The van der Waals surface area contributed by atoms with Gasteiger partial charge >= 0.3 is 0 Å². The van der Waals surface area contributed by atoms with Gasteiger partial charge in [0.2, 0.25) is 0 Å². The third-order valence-corrected chi connectivity index (χ3v) is 5.12. The van der Waals surface area contributed by atoms with Crippen molar-refractivity contribution >= 4 is 34.7 Å². The summed E-state index contributed by atoms with van der Waals surface area (Å²) in [7, 11) is 0. The van der Waals surface area contributed by atoms with Gasteiger partial charge < -0.3 is 10.6 Å². The highest BCUT2D eigenvalue weighted by Gasteiger charge is 2.26. The molecule has 1 aliphatic heterocycles. The Balaban J connectivity index is 2.44. The van der Waals surface area contributed by atoms with Crippen molar-refractivity contribution < 1.29 is 0 Å². The summed E-state index contributed by atoms with van der Waals surface area (Å²) in [5, 5.41) is 0. The normalized spacial score (nSPS) is 22.9. The van der Waals surface area contributed by atoms with Crippen LogP contribution in [0.1, 0.15) is 39.2 Å². The zero-order valence-electron chi connectivity index (χ0n) is 12.6. The highest BCUT2D eigenvalue weighted by molar-refractivity contribution is 7.99. The second kappa shape index (κ2) is 6.81. The Morgan fingerprint density at radius 3 is 2.80 bits per heavy atom. The predicted octanol–water partition coefficient (Wildman–Crippen LogP) is 4.06. The van der Waals surface area contributed by atoms with Crippen molar-refractivity contribution in [1.82, 2.24) is 0 Å². The Labute approximate surface area is 132 Å². The minimum absolute atomic E-state index is 0.516. The van der Waals surface area contributed by atoms with Gasteiger partial charge in [0.05, 0.1) is 0 Å². The molecule has 0 aliphatic carbocycles. The van der Waals surface area contributed by atoms with Crippen LogP contribution in [0, 0.1) is 5.92 Å². The largest absolute Gasteiger partial charge is 0.389 e. The van der Waals surface area contributed by atoms with Gasteiger partial charge in [-0.2, -0.15) is 0 Å². The van der Waals surface area contributed by atoms with Gasteiger partial charge in [0.25, 0.3) is 0 Å². The molecule has 0 aromatic heterocycles. The molecule has 110 valence electrons. The Hall–Kier alpha value is -0.740. The number of nitrogens with zero attached hydrogens (tertiary/aromatic N) is 1. The number of piperidine rings is 1. The highest BCUT2D eigenvalue weighted by Crippen LogP contribution is 2.35. The van der Waals surface area contributed by atoms with Crippen molar-refractivity contribution in [3.63, 3.8) is 0 Å². The van der Waals surface area contributed by atoms with E-state index in [9.17, 15) is 0 Å². The molecule has 4 heteroatoms. The molecule has 2 atom stereocenters. The van der Waals surface area contributed by atoms with Crippen LogP contribution >= 0.6 is 24.0 Å². The molecule has 1 saturated heterocycles. The summed E-state index contributed by atoms with van der Waals surface area (Å²) in [5.41, 5.74) is 8.31. The number of hydrogen-bond acceptors (Lipinski definition) is 3. The van der Waals surface area contributed by atoms with Crippen LogP contribution in [0.25, 0.3) is 0 Å². The van der Waals surface area contributed by atoms with E-state index in [-0.39, 0.29) is 0 Å². The molecule has 2 nitrogen and oxygen atoms in total. The topological polar surface area (TPSA) is 29.3 Å². The van der Waals surface area contributed by atoms with Crippen LogP contribution in [0.2, 0.25) is 0 Å². The van der Waals surface area contributed by atoms with Crippen LogP contribution in [0.4, 0.5) is 5.69 Å². The first kappa shape index (κ1) is 15.6. The molecular weight excluding hydrogens is 284 g/mol. The van der Waals surface area contributed by atoms with Crippen LogP contribution in [-0.4, -0.2) is 23.3 Å². The van der Waals surface area contributed by atoms with Crippen LogP contribution in [0.5, 0.6) is 0 Å². The molecule has 2 rings (SSSR count). The maximum absolute atomic E-state index is 6.02. The number of hydrogen-bond donors (Lipinski definition) is 1. The molecule has 20 heavy (non-hydrogen) atoms. The molecule has 1 aromatic rings. The average molecular weight is 309 g/mol. The highest BCUT2D eigenvalue weighted by atomic mass is 32.2. The van der Waals surface area contributed by atoms with Gasteiger partial charge in [0.1, 0.15) is 4.99 Å². The summed E-state index contributed by atoms with van der Waals surface area (Å²) in [6.07, 6.45) is 2.55. The van der Waals surface area contributed by atoms with E-state index in [2.05, 4.69) is 43.9 Å². The van der Waals surface area contributed by atoms with Crippen LogP contribution < -0.4 is 10.6 Å². The Bertz CT molecular complexity index is 487. The second-order valence-electron chi connectivity index (χ2n) is 5.63. The molecule has 1 aromatic carbocycles. The number of benzene rings is 1. The van der Waals surface area contributed by atoms with Gasteiger partial charge in [-0.25, -0.2) is 0 Å². The zero-order chi connectivity index (χ0) is 14.7. The molecular formula is C16H24N2S2. The Morgan fingerprint density at radius 2 is 2.15 bits per heavy atom.